The van der Waals surface area contributed by atoms with E-state index in [0.717, 1.165) is 11.8 Å². The van der Waals surface area contributed by atoms with Crippen molar-refractivity contribution in [3.63, 3.8) is 0 Å². The van der Waals surface area contributed by atoms with E-state index in [0.29, 0.717) is 43.4 Å². The van der Waals surface area contributed by atoms with Gasteiger partial charge < -0.3 is 19.6 Å². The highest BCUT2D eigenvalue weighted by Crippen LogP contribution is 2.35. The fourth-order valence-corrected chi connectivity index (χ4v) is 4.82. The monoisotopic (exact) mass is 586 g/mol. The Kier molecular flexibility index (Phi) is 8.82. The predicted octanol–water partition coefficient (Wildman–Crippen LogP) is 6.16. The number of carbonyl (C=O) groups excluding carboxylic acids is 2. The van der Waals surface area contributed by atoms with Gasteiger partial charge in [0, 0.05) is 21.8 Å². The average molecular weight is 587 g/mol. The van der Waals surface area contributed by atoms with Crippen LogP contribution in [0.1, 0.15) is 16.9 Å². The van der Waals surface area contributed by atoms with Crippen LogP contribution in [0.5, 0.6) is 11.5 Å². The summed E-state index contributed by atoms with van der Waals surface area (Å²) in [6, 6.07) is 24.1. The number of carbonyl (C=O) groups is 2. The quantitative estimate of drug-likeness (QED) is 0.138. The van der Waals surface area contributed by atoms with E-state index in [-0.39, 0.29) is 30.7 Å². The number of amidine groups is 1. The topological polar surface area (TPSA) is 117 Å². The number of phenols is 1. The number of nitrogens with zero attached hydrogens (tertiary/aromatic N) is 3. The molecule has 3 aromatic carbocycles. The zero-order valence-electron chi connectivity index (χ0n) is 21.4. The van der Waals surface area contributed by atoms with Crippen molar-refractivity contribution in [3.05, 3.63) is 118 Å². The molecular weight excluding hydrogens is 564 g/mol. The number of para-hydroxylation sites is 2. The number of hydrogen-bond acceptors (Lipinski definition) is 8. The molecule has 0 unspecified atom stereocenters. The van der Waals surface area contributed by atoms with Gasteiger partial charge in [-0.2, -0.15) is 5.10 Å². The summed E-state index contributed by atoms with van der Waals surface area (Å²) in [4.78, 5) is 27.7. The lowest BCUT2D eigenvalue weighted by atomic mass is 10.2. The Bertz CT molecular complexity index is 1630. The van der Waals surface area contributed by atoms with Crippen LogP contribution in [-0.4, -0.2) is 39.8 Å². The molecule has 0 atom stereocenters. The summed E-state index contributed by atoms with van der Waals surface area (Å²) in [5.41, 5.74) is 1.70. The number of phenolic OH excluding ortho intramolecular Hbond substituents is 1. The van der Waals surface area contributed by atoms with Gasteiger partial charge in [0.2, 0.25) is 0 Å². The van der Waals surface area contributed by atoms with Crippen molar-refractivity contribution in [3.8, 4) is 11.5 Å². The highest BCUT2D eigenvalue weighted by atomic mass is 35.5. The number of anilines is 1. The number of thioether (sulfide) groups is 1. The van der Waals surface area contributed by atoms with E-state index in [2.05, 4.69) is 15.5 Å². The zero-order valence-corrected chi connectivity index (χ0v) is 23.0. The lowest BCUT2D eigenvalue weighted by Crippen LogP contribution is -2.28. The lowest BCUT2D eigenvalue weighted by Gasteiger charge is -2.12. The van der Waals surface area contributed by atoms with Crippen molar-refractivity contribution in [2.24, 2.45) is 10.2 Å². The second-order valence-electron chi connectivity index (χ2n) is 8.65. The molecule has 2 amide bonds. The first-order chi connectivity index (χ1) is 20.0. The van der Waals surface area contributed by atoms with Crippen LogP contribution >= 0.6 is 23.4 Å². The Labute approximate surface area is 244 Å². The van der Waals surface area contributed by atoms with Gasteiger partial charge in [-0.25, -0.2) is 0 Å². The van der Waals surface area contributed by atoms with Gasteiger partial charge in [-0.15, -0.1) is 5.10 Å². The van der Waals surface area contributed by atoms with Gasteiger partial charge in [-0.1, -0.05) is 41.9 Å². The van der Waals surface area contributed by atoms with Crippen LogP contribution in [0.2, 0.25) is 5.02 Å². The first kappa shape index (κ1) is 27.8. The van der Waals surface area contributed by atoms with Crippen LogP contribution in [0.15, 0.2) is 111 Å². The predicted molar refractivity (Wildman–Crippen MR) is 160 cm³/mol. The summed E-state index contributed by atoms with van der Waals surface area (Å²) in [6.45, 7) is -0.0770. The van der Waals surface area contributed by atoms with E-state index in [1.807, 2.05) is 6.07 Å². The normalized spacial score (nSPS) is 15.2. The lowest BCUT2D eigenvalue weighted by molar-refractivity contribution is -0.122. The van der Waals surface area contributed by atoms with Crippen molar-refractivity contribution in [2.45, 2.75) is 6.54 Å². The number of halogens is 1. The average Bonchev–Trinajstić information content (AvgIpc) is 3.59. The third-order valence-electron chi connectivity index (χ3n) is 5.75. The van der Waals surface area contributed by atoms with Crippen LogP contribution < -0.4 is 10.1 Å². The van der Waals surface area contributed by atoms with E-state index in [9.17, 15) is 14.7 Å². The molecule has 1 fully saturated rings. The van der Waals surface area contributed by atoms with E-state index >= 15 is 0 Å². The maximum atomic E-state index is 13.4. The second kappa shape index (κ2) is 13.0. The van der Waals surface area contributed by atoms with Crippen molar-refractivity contribution >= 4 is 58.3 Å². The molecule has 2 N–H and O–H groups in total. The van der Waals surface area contributed by atoms with Gasteiger partial charge in [0.05, 0.1) is 23.9 Å². The summed E-state index contributed by atoms with van der Waals surface area (Å²) in [7, 11) is 0. The molecule has 1 saturated heterocycles. The van der Waals surface area contributed by atoms with Crippen molar-refractivity contribution < 1.29 is 23.8 Å². The van der Waals surface area contributed by atoms with Gasteiger partial charge in [0.1, 0.15) is 17.3 Å². The SMILES string of the molecule is O=C(COc1ccccc1/C=C1\S/C(=N/N=C\c2ccccc2O)N(Cc2ccco2)C1=O)Nc1ccc(Cl)cc1. The molecular formula is C30H23ClN4O5S. The molecule has 0 spiro atoms. The molecule has 11 heteroatoms. The van der Waals surface area contributed by atoms with E-state index in [1.54, 1.807) is 84.9 Å². The number of ether oxygens (including phenoxy) is 1. The Morgan fingerprint density at radius 1 is 1.02 bits per heavy atom. The number of furan rings is 1. The minimum Gasteiger partial charge on any atom is -0.507 e. The minimum absolute atomic E-state index is 0.0677. The largest absolute Gasteiger partial charge is 0.507 e. The molecule has 1 aliphatic rings. The second-order valence-corrected chi connectivity index (χ2v) is 10.1. The number of benzene rings is 3. The Balaban J connectivity index is 1.34. The highest BCUT2D eigenvalue weighted by Gasteiger charge is 2.34. The Morgan fingerprint density at radius 2 is 1.78 bits per heavy atom. The van der Waals surface area contributed by atoms with Crippen molar-refractivity contribution in [1.29, 1.82) is 0 Å². The maximum absolute atomic E-state index is 13.4. The van der Waals surface area contributed by atoms with Crippen LogP contribution in [-0.2, 0) is 16.1 Å². The third kappa shape index (κ3) is 7.24. The van der Waals surface area contributed by atoms with E-state index in [1.165, 1.54) is 17.4 Å². The Morgan fingerprint density at radius 3 is 2.54 bits per heavy atom. The van der Waals surface area contributed by atoms with Crippen LogP contribution in [0.25, 0.3) is 6.08 Å². The summed E-state index contributed by atoms with van der Waals surface area (Å²) in [5, 5.41) is 22.0. The number of aromatic hydroxyl groups is 1. The molecule has 1 aromatic heterocycles. The van der Waals surface area contributed by atoms with Crippen LogP contribution in [0.4, 0.5) is 5.69 Å². The third-order valence-corrected chi connectivity index (χ3v) is 7.00. The standard InChI is InChI=1S/C30H23ClN4O5S/c31-22-11-13-23(14-12-22)33-28(37)19-40-26-10-4-2-6-20(26)16-27-29(38)35(18-24-8-5-15-39-24)30(41-27)34-32-17-21-7-1-3-9-25(21)36/h1-17,36H,18-19H2,(H,33,37)/b27-16-,32-17-,34-30+. The van der Waals surface area contributed by atoms with Gasteiger partial charge in [0.15, 0.2) is 11.8 Å². The van der Waals surface area contributed by atoms with Gasteiger partial charge >= 0.3 is 0 Å². The van der Waals surface area contributed by atoms with Gasteiger partial charge in [-0.05, 0) is 72.4 Å². The summed E-state index contributed by atoms with van der Waals surface area (Å²) >= 11 is 7.04. The summed E-state index contributed by atoms with van der Waals surface area (Å²) in [6.07, 6.45) is 4.63. The molecule has 0 aliphatic carbocycles. The van der Waals surface area contributed by atoms with Gasteiger partial charge in [-0.3, -0.25) is 14.5 Å². The summed E-state index contributed by atoms with van der Waals surface area (Å²) < 4.78 is 11.2. The minimum atomic E-state index is -0.345. The van der Waals surface area contributed by atoms with Gasteiger partial charge in [0.25, 0.3) is 11.8 Å². The van der Waals surface area contributed by atoms with Crippen molar-refractivity contribution in [2.75, 3.05) is 11.9 Å². The molecule has 0 bridgehead atoms. The molecule has 0 radical (unpaired) electrons. The molecule has 4 aromatic rings. The highest BCUT2D eigenvalue weighted by molar-refractivity contribution is 8.18. The molecule has 2 heterocycles. The smallest absolute Gasteiger partial charge is 0.267 e. The zero-order chi connectivity index (χ0) is 28.6. The summed E-state index contributed by atoms with van der Waals surface area (Å²) in [5.74, 6) is 0.437. The van der Waals surface area contributed by atoms with Crippen LogP contribution in [0, 0.1) is 0 Å². The Hall–Kier alpha value is -4.80. The fourth-order valence-electron chi connectivity index (χ4n) is 3.76. The first-order valence-corrected chi connectivity index (χ1v) is 13.6. The molecule has 1 aliphatic heterocycles. The van der Waals surface area contributed by atoms with Crippen LogP contribution in [0.3, 0.4) is 0 Å². The molecule has 41 heavy (non-hydrogen) atoms. The molecule has 206 valence electrons. The molecule has 0 saturated carbocycles. The number of rotatable bonds is 9. The number of hydrogen-bond donors (Lipinski definition) is 2. The fraction of sp³-hybridized carbons (Fsp3) is 0.0667. The van der Waals surface area contributed by atoms with E-state index < -0.39 is 0 Å². The van der Waals surface area contributed by atoms with Crippen molar-refractivity contribution in [1.82, 2.24) is 4.90 Å². The maximum Gasteiger partial charge on any atom is 0.267 e. The van der Waals surface area contributed by atoms with E-state index in [4.69, 9.17) is 20.8 Å². The number of amides is 2. The first-order valence-electron chi connectivity index (χ1n) is 12.4. The molecule has 5 rings (SSSR count). The molecule has 9 nitrogen and oxygen atoms in total. The number of nitrogens with one attached hydrogen (secondary N) is 1.